The van der Waals surface area contributed by atoms with Gasteiger partial charge in [0.25, 0.3) is 0 Å². The maximum atomic E-state index is 12.1. The smallest absolute Gasteiger partial charge is 0.315 e. The van der Waals surface area contributed by atoms with Crippen molar-refractivity contribution in [1.29, 1.82) is 0 Å². The monoisotopic (exact) mass is 349 g/mol. The second-order valence-electron chi connectivity index (χ2n) is 4.76. The molecule has 0 aliphatic carbocycles. The molecule has 1 aromatic heterocycles. The molecule has 2 amide bonds. The largest absolute Gasteiger partial charge is 0.495 e. The van der Waals surface area contributed by atoms with E-state index in [1.807, 2.05) is 0 Å². The van der Waals surface area contributed by atoms with Crippen LogP contribution in [0, 0.1) is 6.92 Å². The zero-order valence-corrected chi connectivity index (χ0v) is 14.1. The number of aryl methyl sites for hydroxylation is 1. The molecule has 0 atom stereocenters. The van der Waals surface area contributed by atoms with E-state index in [1.54, 1.807) is 19.1 Å². The first-order valence-corrected chi connectivity index (χ1v) is 7.29. The first kappa shape index (κ1) is 17.6. The maximum absolute atomic E-state index is 12.1. The Morgan fingerprint density at radius 2 is 1.75 bits per heavy atom. The van der Waals surface area contributed by atoms with Crippen LogP contribution in [-0.4, -0.2) is 31.0 Å². The highest BCUT2D eigenvalue weighted by molar-refractivity contribution is 6.43. The van der Waals surface area contributed by atoms with Crippen LogP contribution < -0.4 is 20.1 Å². The number of rotatable bonds is 4. The summed E-state index contributed by atoms with van der Waals surface area (Å²) in [5, 5.41) is 5.23. The van der Waals surface area contributed by atoms with Crippen molar-refractivity contribution in [2.75, 3.05) is 24.9 Å². The number of aromatic nitrogens is 1. The van der Waals surface area contributed by atoms with Crippen LogP contribution in [0.15, 0.2) is 30.5 Å². The number of ether oxygens (including phenoxy) is 2. The van der Waals surface area contributed by atoms with E-state index in [2.05, 4.69) is 15.6 Å². The Morgan fingerprint density at radius 3 is 2.38 bits per heavy atom. The van der Waals surface area contributed by atoms with Gasteiger partial charge in [-0.3, -0.25) is 9.59 Å². The van der Waals surface area contributed by atoms with Crippen molar-refractivity contribution < 1.29 is 19.1 Å². The number of nitrogens with zero attached hydrogens (tertiary/aromatic N) is 1. The van der Waals surface area contributed by atoms with E-state index >= 15 is 0 Å². The molecular weight excluding hydrogens is 334 g/mol. The number of carbonyl (C=O) groups excluding carboxylic acids is 2. The Hall–Kier alpha value is -2.80. The van der Waals surface area contributed by atoms with Gasteiger partial charge < -0.3 is 20.1 Å². The summed E-state index contributed by atoms with van der Waals surface area (Å²) in [5.41, 5.74) is 1.00. The molecule has 2 N–H and O–H groups in total. The third kappa shape index (κ3) is 3.94. The molecule has 2 rings (SSSR count). The fraction of sp³-hybridized carbons (Fsp3) is 0.188. The first-order chi connectivity index (χ1) is 11.5. The highest BCUT2D eigenvalue weighted by Gasteiger charge is 2.19. The average molecular weight is 350 g/mol. The molecular formula is C16H16ClN3O4. The van der Waals surface area contributed by atoms with E-state index in [4.69, 9.17) is 21.1 Å². The highest BCUT2D eigenvalue weighted by Crippen LogP contribution is 2.35. The zero-order chi connectivity index (χ0) is 17.7. The van der Waals surface area contributed by atoms with Crippen molar-refractivity contribution in [2.24, 2.45) is 0 Å². The topological polar surface area (TPSA) is 89.5 Å². The molecule has 0 bridgehead atoms. The fourth-order valence-electron chi connectivity index (χ4n) is 1.92. The molecule has 0 saturated carbocycles. The average Bonchev–Trinajstić information content (AvgIpc) is 2.57. The summed E-state index contributed by atoms with van der Waals surface area (Å²) >= 11 is 6.00. The van der Waals surface area contributed by atoms with Crippen LogP contribution in [0.25, 0.3) is 0 Å². The Bertz CT molecular complexity index is 780. The van der Waals surface area contributed by atoms with Crippen LogP contribution in [0.1, 0.15) is 5.56 Å². The highest BCUT2D eigenvalue weighted by atomic mass is 35.5. The lowest BCUT2D eigenvalue weighted by Crippen LogP contribution is -2.29. The summed E-state index contributed by atoms with van der Waals surface area (Å²) in [7, 11) is 2.86. The lowest BCUT2D eigenvalue weighted by atomic mass is 10.2. The number of hydrogen-bond acceptors (Lipinski definition) is 5. The molecule has 0 unspecified atom stereocenters. The van der Waals surface area contributed by atoms with Crippen LogP contribution in [0.2, 0.25) is 5.02 Å². The Balaban J connectivity index is 2.17. The number of nitrogens with one attached hydrogen (secondary N) is 2. The van der Waals surface area contributed by atoms with Gasteiger partial charge in [-0.2, -0.15) is 0 Å². The number of halogens is 1. The standard InChI is InChI=1S/C16H16ClN3O4/c1-9-5-4-6-18-14(9)20-16(22)15(21)19-11-8-12(23-2)10(17)7-13(11)24-3/h4-8H,1-3H3,(H,19,21)(H,18,20,22). The molecule has 8 heteroatoms. The third-order valence-electron chi connectivity index (χ3n) is 3.17. The van der Waals surface area contributed by atoms with Crippen molar-refractivity contribution >= 4 is 34.9 Å². The molecule has 0 radical (unpaired) electrons. The van der Waals surface area contributed by atoms with Gasteiger partial charge in [0.15, 0.2) is 0 Å². The summed E-state index contributed by atoms with van der Waals surface area (Å²) < 4.78 is 10.2. The molecule has 2 aromatic rings. The number of methoxy groups -OCH3 is 2. The number of carbonyl (C=O) groups is 2. The van der Waals surface area contributed by atoms with Crippen LogP contribution in [-0.2, 0) is 9.59 Å². The number of amides is 2. The van der Waals surface area contributed by atoms with Crippen LogP contribution in [0.5, 0.6) is 11.5 Å². The van der Waals surface area contributed by atoms with E-state index in [0.717, 1.165) is 5.56 Å². The van der Waals surface area contributed by atoms with Crippen LogP contribution in [0.3, 0.4) is 0 Å². The molecule has 0 aliphatic heterocycles. The predicted octanol–water partition coefficient (Wildman–Crippen LogP) is 2.64. The van der Waals surface area contributed by atoms with Crippen molar-refractivity contribution in [1.82, 2.24) is 4.98 Å². The maximum Gasteiger partial charge on any atom is 0.315 e. The van der Waals surface area contributed by atoms with Crippen molar-refractivity contribution in [3.05, 3.63) is 41.0 Å². The fourth-order valence-corrected chi connectivity index (χ4v) is 2.15. The molecule has 0 fully saturated rings. The first-order valence-electron chi connectivity index (χ1n) is 6.91. The van der Waals surface area contributed by atoms with Gasteiger partial charge in [0.2, 0.25) is 0 Å². The summed E-state index contributed by atoms with van der Waals surface area (Å²) in [6.45, 7) is 1.77. The van der Waals surface area contributed by atoms with Gasteiger partial charge in [0.1, 0.15) is 17.3 Å². The molecule has 1 heterocycles. The quantitative estimate of drug-likeness (QED) is 0.828. The third-order valence-corrected chi connectivity index (χ3v) is 3.47. The Labute approximate surface area is 143 Å². The summed E-state index contributed by atoms with van der Waals surface area (Å²) in [4.78, 5) is 28.1. The van der Waals surface area contributed by atoms with Crippen LogP contribution in [0.4, 0.5) is 11.5 Å². The zero-order valence-electron chi connectivity index (χ0n) is 13.3. The van der Waals surface area contributed by atoms with Crippen molar-refractivity contribution in [3.63, 3.8) is 0 Å². The van der Waals surface area contributed by atoms with E-state index in [-0.39, 0.29) is 5.69 Å². The second-order valence-corrected chi connectivity index (χ2v) is 5.17. The van der Waals surface area contributed by atoms with Crippen molar-refractivity contribution in [2.45, 2.75) is 6.92 Å². The summed E-state index contributed by atoms with van der Waals surface area (Å²) in [5.74, 6) is -0.765. The molecule has 24 heavy (non-hydrogen) atoms. The van der Waals surface area contributed by atoms with Gasteiger partial charge in [-0.15, -0.1) is 0 Å². The van der Waals surface area contributed by atoms with Crippen LogP contribution >= 0.6 is 11.6 Å². The Kier molecular flexibility index (Phi) is 5.59. The molecule has 7 nitrogen and oxygen atoms in total. The number of hydrogen-bond donors (Lipinski definition) is 2. The predicted molar refractivity (Wildman–Crippen MR) is 90.8 cm³/mol. The van der Waals surface area contributed by atoms with E-state index in [1.165, 1.54) is 32.5 Å². The summed E-state index contributed by atoms with van der Waals surface area (Å²) in [6, 6.07) is 6.46. The van der Waals surface area contributed by atoms with E-state index in [0.29, 0.717) is 22.3 Å². The molecule has 1 aromatic carbocycles. The minimum Gasteiger partial charge on any atom is -0.495 e. The Morgan fingerprint density at radius 1 is 1.08 bits per heavy atom. The number of pyridine rings is 1. The molecule has 126 valence electrons. The number of anilines is 2. The number of benzene rings is 1. The molecule has 0 saturated heterocycles. The van der Waals surface area contributed by atoms with Gasteiger partial charge in [-0.25, -0.2) is 4.98 Å². The van der Waals surface area contributed by atoms with Gasteiger partial charge >= 0.3 is 11.8 Å². The lowest BCUT2D eigenvalue weighted by molar-refractivity contribution is -0.133. The van der Waals surface area contributed by atoms with Gasteiger partial charge in [0.05, 0.1) is 24.9 Å². The normalized spacial score (nSPS) is 10.0. The minimum absolute atomic E-state index is 0.261. The van der Waals surface area contributed by atoms with E-state index < -0.39 is 11.8 Å². The summed E-state index contributed by atoms with van der Waals surface area (Å²) in [6.07, 6.45) is 1.52. The van der Waals surface area contributed by atoms with E-state index in [9.17, 15) is 9.59 Å². The van der Waals surface area contributed by atoms with Gasteiger partial charge in [-0.1, -0.05) is 17.7 Å². The second kappa shape index (κ2) is 7.65. The van der Waals surface area contributed by atoms with Gasteiger partial charge in [-0.05, 0) is 18.6 Å². The van der Waals surface area contributed by atoms with Crippen molar-refractivity contribution in [3.8, 4) is 11.5 Å². The SMILES string of the molecule is COc1cc(NC(=O)C(=O)Nc2ncccc2C)c(OC)cc1Cl. The minimum atomic E-state index is -0.872. The molecule has 0 aliphatic rings. The van der Waals surface area contributed by atoms with Gasteiger partial charge in [0, 0.05) is 18.3 Å². The lowest BCUT2D eigenvalue weighted by Gasteiger charge is -2.13. The molecule has 0 spiro atoms.